The van der Waals surface area contributed by atoms with E-state index < -0.39 is 5.60 Å². The van der Waals surface area contributed by atoms with Crippen molar-refractivity contribution in [3.63, 3.8) is 0 Å². The number of alkyl carbamates (subject to hydrolysis) is 1. The van der Waals surface area contributed by atoms with E-state index in [0.717, 1.165) is 24.6 Å². The van der Waals surface area contributed by atoms with E-state index in [0.29, 0.717) is 6.54 Å². The number of ether oxygens (including phenoxy) is 1. The van der Waals surface area contributed by atoms with Crippen LogP contribution in [0.25, 0.3) is 0 Å². The molecule has 0 radical (unpaired) electrons. The first-order valence-electron chi connectivity index (χ1n) is 8.68. The molecular formula is C19H30N2O2. The Kier molecular flexibility index (Phi) is 6.46. The molecule has 0 aromatic heterocycles. The fourth-order valence-electron chi connectivity index (χ4n) is 3.01. The lowest BCUT2D eigenvalue weighted by molar-refractivity contribution is 0.0523. The summed E-state index contributed by atoms with van der Waals surface area (Å²) in [6, 6.07) is 8.23. The predicted molar refractivity (Wildman–Crippen MR) is 93.2 cm³/mol. The van der Waals surface area contributed by atoms with E-state index in [4.69, 9.17) is 4.74 Å². The quantitative estimate of drug-likeness (QED) is 0.834. The number of amides is 1. The van der Waals surface area contributed by atoms with Crippen LogP contribution in [0.5, 0.6) is 0 Å². The van der Waals surface area contributed by atoms with Crippen molar-refractivity contribution >= 4 is 6.09 Å². The van der Waals surface area contributed by atoms with Crippen molar-refractivity contribution in [1.82, 2.24) is 10.6 Å². The molecular weight excluding hydrogens is 288 g/mol. The maximum absolute atomic E-state index is 11.8. The minimum absolute atomic E-state index is 0.369. The molecule has 23 heavy (non-hydrogen) atoms. The molecule has 0 bridgehead atoms. The fraction of sp³-hybridized carbons (Fsp3) is 0.632. The molecule has 1 saturated carbocycles. The van der Waals surface area contributed by atoms with Crippen LogP contribution in [0.4, 0.5) is 4.79 Å². The van der Waals surface area contributed by atoms with Gasteiger partial charge >= 0.3 is 6.09 Å². The summed E-state index contributed by atoms with van der Waals surface area (Å²) in [7, 11) is 0. The number of hydrogen-bond acceptors (Lipinski definition) is 3. The van der Waals surface area contributed by atoms with Crippen LogP contribution in [-0.4, -0.2) is 18.2 Å². The Labute approximate surface area is 140 Å². The van der Waals surface area contributed by atoms with Crippen LogP contribution < -0.4 is 10.6 Å². The van der Waals surface area contributed by atoms with Crippen molar-refractivity contribution in [1.29, 1.82) is 0 Å². The van der Waals surface area contributed by atoms with Crippen molar-refractivity contribution in [2.24, 2.45) is 5.92 Å². The molecule has 0 atom stereocenters. The summed E-state index contributed by atoms with van der Waals surface area (Å²) in [5.41, 5.74) is 1.91. The van der Waals surface area contributed by atoms with Gasteiger partial charge in [-0.2, -0.15) is 0 Å². The van der Waals surface area contributed by atoms with E-state index in [2.05, 4.69) is 22.8 Å². The minimum atomic E-state index is -0.466. The van der Waals surface area contributed by atoms with Gasteiger partial charge in [-0.1, -0.05) is 37.1 Å². The summed E-state index contributed by atoms with van der Waals surface area (Å²) >= 11 is 0. The Hall–Kier alpha value is -1.55. The number of carbonyl (C=O) groups excluding carboxylic acids is 1. The summed E-state index contributed by atoms with van der Waals surface area (Å²) in [5, 5.41) is 6.40. The normalized spacial score (nSPS) is 15.6. The Morgan fingerprint density at radius 1 is 1.13 bits per heavy atom. The van der Waals surface area contributed by atoms with Crippen LogP contribution in [0.1, 0.15) is 57.6 Å². The molecule has 2 N–H and O–H groups in total. The van der Waals surface area contributed by atoms with Crippen molar-refractivity contribution in [2.75, 3.05) is 6.54 Å². The van der Waals surface area contributed by atoms with Gasteiger partial charge in [0.25, 0.3) is 0 Å². The Bertz CT molecular complexity index is 502. The van der Waals surface area contributed by atoms with Crippen molar-refractivity contribution in [2.45, 2.75) is 65.1 Å². The van der Waals surface area contributed by atoms with Crippen LogP contribution in [0.15, 0.2) is 24.3 Å². The van der Waals surface area contributed by atoms with E-state index in [1.54, 1.807) is 0 Å². The van der Waals surface area contributed by atoms with Gasteiger partial charge in [0.05, 0.1) is 0 Å². The maximum atomic E-state index is 11.8. The topological polar surface area (TPSA) is 50.4 Å². The highest BCUT2D eigenvalue weighted by atomic mass is 16.6. The summed E-state index contributed by atoms with van der Waals surface area (Å²) in [4.78, 5) is 11.8. The molecule has 1 amide bonds. The van der Waals surface area contributed by atoms with E-state index >= 15 is 0 Å². The Morgan fingerprint density at radius 2 is 1.74 bits per heavy atom. The molecule has 1 aliphatic carbocycles. The largest absolute Gasteiger partial charge is 0.444 e. The molecule has 4 heteroatoms. The van der Waals surface area contributed by atoms with Gasteiger partial charge in [0.1, 0.15) is 5.60 Å². The van der Waals surface area contributed by atoms with Crippen LogP contribution in [-0.2, 0) is 17.8 Å². The van der Waals surface area contributed by atoms with Gasteiger partial charge in [-0.15, -0.1) is 0 Å². The first kappa shape index (κ1) is 17.8. The Morgan fingerprint density at radius 3 is 2.35 bits per heavy atom. The molecule has 128 valence electrons. The summed E-state index contributed by atoms with van der Waals surface area (Å²) in [5.74, 6) is 0.835. The zero-order valence-electron chi connectivity index (χ0n) is 14.7. The van der Waals surface area contributed by atoms with E-state index in [9.17, 15) is 4.79 Å². The number of hydrogen-bond donors (Lipinski definition) is 2. The second-order valence-corrected chi connectivity index (χ2v) is 7.41. The first-order chi connectivity index (χ1) is 10.9. The lowest BCUT2D eigenvalue weighted by Crippen LogP contribution is -2.32. The van der Waals surface area contributed by atoms with Crippen molar-refractivity contribution < 1.29 is 9.53 Å². The smallest absolute Gasteiger partial charge is 0.407 e. The lowest BCUT2D eigenvalue weighted by atomic mass is 10.1. The third-order valence-corrected chi connectivity index (χ3v) is 4.16. The van der Waals surface area contributed by atoms with E-state index in [-0.39, 0.29) is 6.09 Å². The second-order valence-electron chi connectivity index (χ2n) is 7.41. The molecule has 0 heterocycles. The number of benzene rings is 1. The highest BCUT2D eigenvalue weighted by Crippen LogP contribution is 2.23. The van der Waals surface area contributed by atoms with Crippen LogP contribution in [0.3, 0.4) is 0 Å². The van der Waals surface area contributed by atoms with E-state index in [1.165, 1.54) is 31.2 Å². The Balaban J connectivity index is 1.80. The minimum Gasteiger partial charge on any atom is -0.444 e. The van der Waals surface area contributed by atoms with Gasteiger partial charge < -0.3 is 15.4 Å². The summed E-state index contributed by atoms with van der Waals surface area (Å²) < 4.78 is 5.28. The van der Waals surface area contributed by atoms with Gasteiger partial charge in [0.15, 0.2) is 0 Å². The first-order valence-corrected chi connectivity index (χ1v) is 8.68. The second kappa shape index (κ2) is 8.34. The fourth-order valence-corrected chi connectivity index (χ4v) is 3.01. The molecule has 0 aliphatic heterocycles. The molecule has 0 spiro atoms. The highest BCUT2D eigenvalue weighted by Gasteiger charge is 2.16. The van der Waals surface area contributed by atoms with Crippen LogP contribution in [0.2, 0.25) is 0 Å². The molecule has 0 unspecified atom stereocenters. The predicted octanol–water partition coefficient (Wildman–Crippen LogP) is 3.99. The van der Waals surface area contributed by atoms with Crippen LogP contribution in [0, 0.1) is 5.92 Å². The third kappa shape index (κ3) is 6.61. The number of carbonyl (C=O) groups is 1. The monoisotopic (exact) mass is 318 g/mol. The average molecular weight is 318 g/mol. The zero-order chi connectivity index (χ0) is 16.7. The summed E-state index contributed by atoms with van der Waals surface area (Å²) in [6.45, 7) is 8.04. The molecule has 1 aromatic rings. The molecule has 1 aromatic carbocycles. The highest BCUT2D eigenvalue weighted by molar-refractivity contribution is 5.67. The molecule has 2 rings (SSSR count). The summed E-state index contributed by atoms with van der Waals surface area (Å²) in [6.07, 6.45) is 5.10. The number of nitrogens with one attached hydrogen (secondary N) is 2. The SMILES string of the molecule is CC(C)(C)OC(=O)NCc1ccccc1CNCC1CCCC1. The van der Waals surface area contributed by atoms with E-state index in [1.807, 2.05) is 32.9 Å². The molecule has 4 nitrogen and oxygen atoms in total. The van der Waals surface area contributed by atoms with Gasteiger partial charge in [-0.3, -0.25) is 0 Å². The third-order valence-electron chi connectivity index (χ3n) is 4.16. The standard InChI is InChI=1S/C19H30N2O2/c1-19(2,3)23-18(22)21-14-17-11-7-6-10-16(17)13-20-12-15-8-4-5-9-15/h6-7,10-11,15,20H,4-5,8-9,12-14H2,1-3H3,(H,21,22). The van der Waals surface area contributed by atoms with Gasteiger partial charge in [0.2, 0.25) is 0 Å². The van der Waals surface area contributed by atoms with Crippen LogP contribution >= 0.6 is 0 Å². The molecule has 0 saturated heterocycles. The van der Waals surface area contributed by atoms with Gasteiger partial charge in [-0.25, -0.2) is 4.79 Å². The zero-order valence-corrected chi connectivity index (χ0v) is 14.7. The lowest BCUT2D eigenvalue weighted by Gasteiger charge is -2.20. The average Bonchev–Trinajstić information content (AvgIpc) is 2.98. The van der Waals surface area contributed by atoms with Crippen molar-refractivity contribution in [3.05, 3.63) is 35.4 Å². The van der Waals surface area contributed by atoms with Gasteiger partial charge in [0, 0.05) is 13.1 Å². The number of rotatable bonds is 6. The maximum Gasteiger partial charge on any atom is 0.407 e. The van der Waals surface area contributed by atoms with Crippen molar-refractivity contribution in [3.8, 4) is 0 Å². The molecule has 1 aliphatic rings. The molecule has 1 fully saturated rings. The van der Waals surface area contributed by atoms with Gasteiger partial charge in [-0.05, 0) is 57.2 Å².